The van der Waals surface area contributed by atoms with Gasteiger partial charge in [-0.1, -0.05) is 29.3 Å². The number of nitrogens with zero attached hydrogens (tertiary/aromatic N) is 5. The molecule has 0 atom stereocenters. The summed E-state index contributed by atoms with van der Waals surface area (Å²) >= 11 is 18.7. The van der Waals surface area contributed by atoms with Crippen LogP contribution in [-0.2, 0) is 11.3 Å². The Balaban J connectivity index is 1.45. The molecule has 1 amide bonds. The minimum Gasteiger partial charge on any atom is -0.444 e. The van der Waals surface area contributed by atoms with Crippen LogP contribution in [0.2, 0.25) is 15.3 Å². The third-order valence-electron chi connectivity index (χ3n) is 5.68. The summed E-state index contributed by atoms with van der Waals surface area (Å²) in [6.45, 7) is 7.66. The number of carbonyl (C=O) groups is 1. The van der Waals surface area contributed by atoms with Gasteiger partial charge in [0.05, 0.1) is 21.1 Å². The molecule has 0 bridgehead atoms. The van der Waals surface area contributed by atoms with Crippen LogP contribution >= 0.6 is 34.8 Å². The first-order valence-corrected chi connectivity index (χ1v) is 12.3. The summed E-state index contributed by atoms with van der Waals surface area (Å²) in [7, 11) is 0. The van der Waals surface area contributed by atoms with Gasteiger partial charge in [0.2, 0.25) is 5.28 Å². The van der Waals surface area contributed by atoms with Crippen LogP contribution in [0.4, 0.5) is 16.3 Å². The monoisotopic (exact) mass is 524 g/mol. The molecule has 2 aromatic heterocycles. The van der Waals surface area contributed by atoms with Crippen LogP contribution < -0.4 is 5.32 Å². The van der Waals surface area contributed by atoms with Gasteiger partial charge in [0.1, 0.15) is 5.60 Å². The standard InChI is InChI=1S/C23H27Cl3N6O2/c1-23(2,3)34-22(33)31-10-7-14(8-11-31)9-12-32-20-15(13-27-21(26)29-20)19(30-32)28-18-16(24)5-4-6-17(18)25/h4-6,13-14H,7-12H2,1-3H3,(H,28,30). The molecule has 1 aliphatic heterocycles. The van der Waals surface area contributed by atoms with Crippen molar-refractivity contribution in [1.82, 2.24) is 24.6 Å². The first-order valence-electron chi connectivity index (χ1n) is 11.2. The number of rotatable bonds is 5. The van der Waals surface area contributed by atoms with Gasteiger partial charge in [-0.2, -0.15) is 10.1 Å². The van der Waals surface area contributed by atoms with E-state index in [0.717, 1.165) is 24.6 Å². The first-order chi connectivity index (χ1) is 16.1. The van der Waals surface area contributed by atoms with Gasteiger partial charge in [-0.15, -0.1) is 0 Å². The Morgan fingerprint density at radius 1 is 1.18 bits per heavy atom. The van der Waals surface area contributed by atoms with Crippen molar-refractivity contribution in [1.29, 1.82) is 0 Å². The molecule has 4 rings (SSSR count). The summed E-state index contributed by atoms with van der Waals surface area (Å²) < 4.78 is 7.32. The molecule has 0 aliphatic carbocycles. The Hall–Kier alpha value is -2.29. The van der Waals surface area contributed by atoms with Crippen LogP contribution in [0.3, 0.4) is 0 Å². The molecule has 3 aromatic rings. The van der Waals surface area contributed by atoms with Crippen LogP contribution in [0, 0.1) is 5.92 Å². The number of nitrogens with one attached hydrogen (secondary N) is 1. The van der Waals surface area contributed by atoms with Gasteiger partial charge in [0, 0.05) is 25.8 Å². The molecule has 0 radical (unpaired) electrons. The Bertz CT molecular complexity index is 1170. The zero-order chi connectivity index (χ0) is 24.5. The second-order valence-electron chi connectivity index (χ2n) is 9.37. The number of halogens is 3. The maximum atomic E-state index is 12.3. The summed E-state index contributed by atoms with van der Waals surface area (Å²) in [5, 5.41) is 9.79. The number of anilines is 2. The van der Waals surface area contributed by atoms with Gasteiger partial charge in [-0.25, -0.2) is 14.5 Å². The van der Waals surface area contributed by atoms with E-state index in [2.05, 4.69) is 15.3 Å². The number of hydrogen-bond acceptors (Lipinski definition) is 6. The van der Waals surface area contributed by atoms with Crippen molar-refractivity contribution in [2.75, 3.05) is 18.4 Å². The number of fused-ring (bicyclic) bond motifs is 1. The third-order valence-corrected chi connectivity index (χ3v) is 6.49. The molecule has 1 fully saturated rings. The number of para-hydroxylation sites is 1. The molecule has 11 heteroatoms. The average molecular weight is 526 g/mol. The maximum absolute atomic E-state index is 12.3. The van der Waals surface area contributed by atoms with Crippen molar-refractivity contribution in [2.24, 2.45) is 5.92 Å². The van der Waals surface area contributed by atoms with E-state index in [-0.39, 0.29) is 11.4 Å². The fourth-order valence-corrected chi connectivity index (χ4v) is 4.58. The molecular weight excluding hydrogens is 499 g/mol. The van der Waals surface area contributed by atoms with E-state index in [0.29, 0.717) is 52.7 Å². The molecule has 1 aliphatic rings. The minimum atomic E-state index is -0.488. The quantitative estimate of drug-likeness (QED) is 0.379. The Kier molecular flexibility index (Phi) is 7.40. The van der Waals surface area contributed by atoms with E-state index in [9.17, 15) is 4.79 Å². The van der Waals surface area contributed by atoms with Gasteiger partial charge < -0.3 is 15.0 Å². The van der Waals surface area contributed by atoms with Crippen LogP contribution in [0.5, 0.6) is 0 Å². The lowest BCUT2D eigenvalue weighted by Crippen LogP contribution is -2.41. The van der Waals surface area contributed by atoms with Crippen LogP contribution in [-0.4, -0.2) is 49.4 Å². The molecule has 1 N–H and O–H groups in total. The Morgan fingerprint density at radius 2 is 1.85 bits per heavy atom. The number of aryl methyl sites for hydroxylation is 1. The summed E-state index contributed by atoms with van der Waals surface area (Å²) in [6.07, 6.45) is 4.11. The molecule has 0 unspecified atom stereocenters. The van der Waals surface area contributed by atoms with Crippen molar-refractivity contribution in [3.8, 4) is 0 Å². The smallest absolute Gasteiger partial charge is 0.410 e. The Morgan fingerprint density at radius 3 is 2.50 bits per heavy atom. The van der Waals surface area contributed by atoms with E-state index >= 15 is 0 Å². The summed E-state index contributed by atoms with van der Waals surface area (Å²) in [6, 6.07) is 5.29. The molecule has 1 saturated heterocycles. The highest BCUT2D eigenvalue weighted by Crippen LogP contribution is 2.34. The van der Waals surface area contributed by atoms with E-state index in [4.69, 9.17) is 44.6 Å². The summed E-state index contributed by atoms with van der Waals surface area (Å²) in [4.78, 5) is 22.6. The predicted molar refractivity (Wildman–Crippen MR) is 135 cm³/mol. The normalized spacial score (nSPS) is 15.1. The molecule has 1 aromatic carbocycles. The topological polar surface area (TPSA) is 85.2 Å². The van der Waals surface area contributed by atoms with E-state index in [1.54, 1.807) is 29.3 Å². The molecule has 0 spiro atoms. The SMILES string of the molecule is CC(C)(C)OC(=O)N1CCC(CCn2nc(Nc3c(Cl)cccc3Cl)c3cnc(Cl)nc32)CC1. The van der Waals surface area contributed by atoms with Gasteiger partial charge in [0.25, 0.3) is 0 Å². The predicted octanol–water partition coefficient (Wildman–Crippen LogP) is 6.57. The van der Waals surface area contributed by atoms with Crippen molar-refractivity contribution in [2.45, 2.75) is 52.2 Å². The lowest BCUT2D eigenvalue weighted by Gasteiger charge is -2.33. The zero-order valence-corrected chi connectivity index (χ0v) is 21.6. The highest BCUT2D eigenvalue weighted by Gasteiger charge is 2.27. The summed E-state index contributed by atoms with van der Waals surface area (Å²) in [5.74, 6) is 1.02. The van der Waals surface area contributed by atoms with E-state index < -0.39 is 5.60 Å². The number of aromatic nitrogens is 4. The van der Waals surface area contributed by atoms with Gasteiger partial charge in [0.15, 0.2) is 11.5 Å². The van der Waals surface area contributed by atoms with Gasteiger partial charge >= 0.3 is 6.09 Å². The zero-order valence-electron chi connectivity index (χ0n) is 19.3. The molecule has 182 valence electrons. The van der Waals surface area contributed by atoms with Crippen molar-refractivity contribution < 1.29 is 9.53 Å². The molecular formula is C23H27Cl3N6O2. The fraction of sp³-hybridized carbons (Fsp3) is 0.478. The second kappa shape index (κ2) is 10.1. The van der Waals surface area contributed by atoms with Crippen LogP contribution in [0.25, 0.3) is 11.0 Å². The number of piperidine rings is 1. The first kappa shape index (κ1) is 24.8. The maximum Gasteiger partial charge on any atom is 0.410 e. The van der Waals surface area contributed by atoms with Crippen LogP contribution in [0.15, 0.2) is 24.4 Å². The number of ether oxygens (including phenoxy) is 1. The Labute approximate surface area is 213 Å². The van der Waals surface area contributed by atoms with Crippen molar-refractivity contribution >= 4 is 63.4 Å². The molecule has 8 nitrogen and oxygen atoms in total. The van der Waals surface area contributed by atoms with Crippen LogP contribution in [0.1, 0.15) is 40.0 Å². The molecule has 34 heavy (non-hydrogen) atoms. The average Bonchev–Trinajstić information content (AvgIpc) is 3.10. The lowest BCUT2D eigenvalue weighted by atomic mass is 9.94. The minimum absolute atomic E-state index is 0.154. The highest BCUT2D eigenvalue weighted by molar-refractivity contribution is 6.39. The molecule has 0 saturated carbocycles. The fourth-order valence-electron chi connectivity index (χ4n) is 3.96. The van der Waals surface area contributed by atoms with Gasteiger partial charge in [-0.05, 0) is 69.7 Å². The van der Waals surface area contributed by atoms with Gasteiger partial charge in [-0.3, -0.25) is 0 Å². The summed E-state index contributed by atoms with van der Waals surface area (Å²) in [5.41, 5.74) is 0.719. The number of carbonyl (C=O) groups excluding carboxylic acids is 1. The van der Waals surface area contributed by atoms with E-state index in [1.165, 1.54) is 0 Å². The number of hydrogen-bond donors (Lipinski definition) is 1. The van der Waals surface area contributed by atoms with Crippen molar-refractivity contribution in [3.63, 3.8) is 0 Å². The largest absolute Gasteiger partial charge is 0.444 e. The second-order valence-corrected chi connectivity index (χ2v) is 10.5. The number of benzene rings is 1. The van der Waals surface area contributed by atoms with E-state index in [1.807, 2.05) is 25.5 Å². The third kappa shape index (κ3) is 5.85. The number of amides is 1. The number of likely N-dealkylation sites (tertiary alicyclic amines) is 1. The van der Waals surface area contributed by atoms with Crippen molar-refractivity contribution in [3.05, 3.63) is 39.7 Å². The lowest BCUT2D eigenvalue weighted by molar-refractivity contribution is 0.0179. The highest BCUT2D eigenvalue weighted by atomic mass is 35.5. The molecule has 3 heterocycles.